The number of ether oxygens (including phenoxy) is 1. The maximum atomic E-state index is 11.1. The summed E-state index contributed by atoms with van der Waals surface area (Å²) in [5.41, 5.74) is 4.21. The van der Waals surface area contributed by atoms with Crippen molar-refractivity contribution in [3.63, 3.8) is 0 Å². The SMILES string of the molecule is COc1cc(C#N)ccc1NN(O[P+](=O)O)c1ccccc1Br. The third kappa shape index (κ3) is 4.41. The van der Waals surface area contributed by atoms with Crippen LogP contribution in [-0.4, -0.2) is 12.0 Å². The molecule has 9 heteroatoms. The highest BCUT2D eigenvalue weighted by Gasteiger charge is 2.24. The Bertz CT molecular complexity index is 766. The number of nitrogens with zero attached hydrogens (tertiary/aromatic N) is 2. The second-order valence-corrected chi connectivity index (χ2v) is 5.70. The maximum Gasteiger partial charge on any atom is 0.721 e. The Morgan fingerprint density at radius 2 is 2.09 bits per heavy atom. The number of methoxy groups -OCH3 is 1. The fraction of sp³-hybridized carbons (Fsp3) is 0.0714. The molecule has 0 saturated carbocycles. The normalized spacial score (nSPS) is 10.6. The number of hydrazine groups is 1. The van der Waals surface area contributed by atoms with Crippen LogP contribution in [0.1, 0.15) is 5.56 Å². The van der Waals surface area contributed by atoms with Crippen molar-refractivity contribution in [3.05, 3.63) is 52.5 Å². The Morgan fingerprint density at radius 1 is 1.35 bits per heavy atom. The van der Waals surface area contributed by atoms with Crippen LogP contribution < -0.4 is 15.3 Å². The average molecular weight is 397 g/mol. The first kappa shape index (κ1) is 17.2. The molecule has 0 aliphatic carbocycles. The zero-order valence-electron chi connectivity index (χ0n) is 11.9. The van der Waals surface area contributed by atoms with Gasteiger partial charge in [0.1, 0.15) is 11.4 Å². The van der Waals surface area contributed by atoms with Crippen molar-refractivity contribution in [2.75, 3.05) is 17.7 Å². The van der Waals surface area contributed by atoms with Gasteiger partial charge in [-0.2, -0.15) is 5.26 Å². The first-order valence-corrected chi connectivity index (χ1v) is 8.21. The molecule has 2 N–H and O–H groups in total. The van der Waals surface area contributed by atoms with E-state index in [-0.39, 0.29) is 0 Å². The molecule has 2 aromatic carbocycles. The van der Waals surface area contributed by atoms with Gasteiger partial charge in [-0.3, -0.25) is 5.43 Å². The standard InChI is InChI=1S/C14H11BrN3O4P/c1-21-14-8-10(9-16)6-7-12(14)17-18(22-23(19)20)13-5-3-2-4-11(13)15/h2-8,17H,1H3/p+1. The second-order valence-electron chi connectivity index (χ2n) is 4.20. The van der Waals surface area contributed by atoms with E-state index in [1.54, 1.807) is 42.5 Å². The molecule has 0 amide bonds. The number of halogens is 1. The Hall–Kier alpha value is -2.17. The number of hydrogen-bond acceptors (Lipinski definition) is 6. The van der Waals surface area contributed by atoms with Crippen LogP contribution in [0.5, 0.6) is 5.75 Å². The highest BCUT2D eigenvalue weighted by atomic mass is 79.9. The van der Waals surface area contributed by atoms with Gasteiger partial charge in [-0.05, 0) is 40.2 Å². The number of para-hydroxylation sites is 1. The van der Waals surface area contributed by atoms with Crippen molar-refractivity contribution in [2.45, 2.75) is 0 Å². The molecule has 2 rings (SSSR count). The lowest BCUT2D eigenvalue weighted by molar-refractivity contribution is 0.268. The molecule has 0 spiro atoms. The van der Waals surface area contributed by atoms with Crippen LogP contribution in [0, 0.1) is 11.3 Å². The van der Waals surface area contributed by atoms with E-state index < -0.39 is 8.25 Å². The molecule has 0 aromatic heterocycles. The Kier molecular flexibility index (Phi) is 5.90. The second kappa shape index (κ2) is 7.90. The fourth-order valence-electron chi connectivity index (χ4n) is 1.77. The third-order valence-corrected chi connectivity index (χ3v) is 3.75. The van der Waals surface area contributed by atoms with Crippen LogP contribution in [0.4, 0.5) is 11.4 Å². The molecule has 0 aliphatic heterocycles. The summed E-state index contributed by atoms with van der Waals surface area (Å²) in [6.45, 7) is 0. The summed E-state index contributed by atoms with van der Waals surface area (Å²) < 4.78 is 21.9. The van der Waals surface area contributed by atoms with Crippen molar-refractivity contribution in [1.82, 2.24) is 0 Å². The van der Waals surface area contributed by atoms with Crippen LogP contribution >= 0.6 is 24.2 Å². The predicted molar refractivity (Wildman–Crippen MR) is 88.9 cm³/mol. The van der Waals surface area contributed by atoms with E-state index in [0.717, 1.165) is 5.17 Å². The van der Waals surface area contributed by atoms with Crippen molar-refractivity contribution >= 4 is 35.6 Å². The van der Waals surface area contributed by atoms with Gasteiger partial charge in [0.25, 0.3) is 0 Å². The van der Waals surface area contributed by atoms with E-state index in [9.17, 15) is 4.57 Å². The van der Waals surface area contributed by atoms with Gasteiger partial charge in [0.05, 0.1) is 24.4 Å². The van der Waals surface area contributed by atoms with Gasteiger partial charge in [-0.15, -0.1) is 10.1 Å². The van der Waals surface area contributed by atoms with Gasteiger partial charge in [-0.1, -0.05) is 12.1 Å². The third-order valence-electron chi connectivity index (χ3n) is 2.78. The van der Waals surface area contributed by atoms with E-state index in [1.165, 1.54) is 7.11 Å². The van der Waals surface area contributed by atoms with Gasteiger partial charge in [0.15, 0.2) is 0 Å². The van der Waals surface area contributed by atoms with E-state index in [0.29, 0.717) is 27.2 Å². The van der Waals surface area contributed by atoms with Crippen LogP contribution in [0.2, 0.25) is 0 Å². The van der Waals surface area contributed by atoms with Crippen molar-refractivity contribution < 1.29 is 18.8 Å². The molecule has 0 fully saturated rings. The maximum absolute atomic E-state index is 11.1. The Balaban J connectivity index is 2.37. The number of rotatable bonds is 6. The summed E-state index contributed by atoms with van der Waals surface area (Å²) in [7, 11) is -1.44. The zero-order valence-corrected chi connectivity index (χ0v) is 14.4. The van der Waals surface area contributed by atoms with Gasteiger partial charge in [-0.25, -0.2) is 0 Å². The summed E-state index contributed by atoms with van der Waals surface area (Å²) in [6, 6.07) is 13.7. The zero-order chi connectivity index (χ0) is 16.8. The summed E-state index contributed by atoms with van der Waals surface area (Å²) in [4.78, 5) is 9.08. The Morgan fingerprint density at radius 3 is 2.70 bits per heavy atom. The minimum absolute atomic E-state index is 0.387. The van der Waals surface area contributed by atoms with Gasteiger partial charge in [0, 0.05) is 19.7 Å². The summed E-state index contributed by atoms with van der Waals surface area (Å²) in [5, 5.41) is 9.97. The van der Waals surface area contributed by atoms with Crippen LogP contribution in [0.15, 0.2) is 46.9 Å². The lowest BCUT2D eigenvalue weighted by atomic mass is 10.2. The first-order valence-electron chi connectivity index (χ1n) is 6.29. The molecule has 2 aromatic rings. The van der Waals surface area contributed by atoms with E-state index in [4.69, 9.17) is 19.5 Å². The van der Waals surface area contributed by atoms with Crippen LogP contribution in [0.25, 0.3) is 0 Å². The highest BCUT2D eigenvalue weighted by molar-refractivity contribution is 9.10. The number of hydrogen-bond donors (Lipinski definition) is 2. The topological polar surface area (TPSA) is 94.8 Å². The van der Waals surface area contributed by atoms with Crippen LogP contribution in [-0.2, 0) is 9.19 Å². The fourth-order valence-corrected chi connectivity index (χ4v) is 2.49. The molecule has 1 unspecified atom stereocenters. The summed E-state index contributed by atoms with van der Waals surface area (Å²) in [6.07, 6.45) is 0. The number of nitriles is 1. The van der Waals surface area contributed by atoms with E-state index in [2.05, 4.69) is 21.4 Å². The van der Waals surface area contributed by atoms with Gasteiger partial charge >= 0.3 is 8.25 Å². The predicted octanol–water partition coefficient (Wildman–Crippen LogP) is 3.74. The molecule has 7 nitrogen and oxygen atoms in total. The molecule has 0 saturated heterocycles. The van der Waals surface area contributed by atoms with Gasteiger partial charge < -0.3 is 4.74 Å². The van der Waals surface area contributed by atoms with Crippen molar-refractivity contribution in [2.24, 2.45) is 0 Å². The number of anilines is 2. The molecule has 0 aliphatic rings. The molecule has 0 radical (unpaired) electrons. The molecule has 1 atom stereocenters. The number of nitrogens with one attached hydrogen (secondary N) is 1. The average Bonchev–Trinajstić information content (AvgIpc) is 2.54. The highest BCUT2D eigenvalue weighted by Crippen LogP contribution is 2.33. The lowest BCUT2D eigenvalue weighted by Gasteiger charge is -2.21. The van der Waals surface area contributed by atoms with E-state index >= 15 is 0 Å². The van der Waals surface area contributed by atoms with E-state index in [1.807, 2.05) is 6.07 Å². The minimum Gasteiger partial charge on any atom is -0.494 e. The lowest BCUT2D eigenvalue weighted by Crippen LogP contribution is -2.28. The molecular formula is C14H12BrN3O4P+. The molecule has 0 bridgehead atoms. The van der Waals surface area contributed by atoms with Crippen molar-refractivity contribution in [1.29, 1.82) is 5.26 Å². The minimum atomic E-state index is -2.90. The number of benzene rings is 2. The summed E-state index contributed by atoms with van der Waals surface area (Å²) in [5.74, 6) is 0.387. The largest absolute Gasteiger partial charge is 0.721 e. The van der Waals surface area contributed by atoms with Crippen LogP contribution in [0.3, 0.4) is 0 Å². The molecule has 118 valence electrons. The smallest absolute Gasteiger partial charge is 0.494 e. The first-order chi connectivity index (χ1) is 11.0. The monoisotopic (exact) mass is 396 g/mol. The summed E-state index contributed by atoms with van der Waals surface area (Å²) >= 11 is 3.35. The molecule has 0 heterocycles. The molecular weight excluding hydrogens is 385 g/mol. The van der Waals surface area contributed by atoms with Gasteiger partial charge in [0.2, 0.25) is 0 Å². The Labute approximate surface area is 142 Å². The van der Waals surface area contributed by atoms with Crippen molar-refractivity contribution in [3.8, 4) is 11.8 Å². The molecule has 23 heavy (non-hydrogen) atoms. The quantitative estimate of drug-likeness (QED) is 0.566.